The lowest BCUT2D eigenvalue weighted by atomic mass is 10.3. The minimum Gasteiger partial charge on any atom is -0.385 e. The average molecular weight is 221 g/mol. The van der Waals surface area contributed by atoms with Crippen LogP contribution in [-0.2, 0) is 0 Å². The number of nitro groups is 1. The van der Waals surface area contributed by atoms with Gasteiger partial charge in [-0.3, -0.25) is 10.1 Å². The van der Waals surface area contributed by atoms with Crippen LogP contribution >= 0.6 is 0 Å². The van der Waals surface area contributed by atoms with Crippen LogP contribution in [0.25, 0.3) is 10.4 Å². The lowest BCUT2D eigenvalue weighted by Gasteiger charge is -2.03. The first-order chi connectivity index (χ1) is 7.74. The molecule has 0 saturated carbocycles. The quantitative estimate of drug-likeness (QED) is 0.199. The van der Waals surface area contributed by atoms with E-state index < -0.39 is 4.92 Å². The Morgan fingerprint density at radius 1 is 1.44 bits per heavy atom. The first-order valence-electron chi connectivity index (χ1n) is 4.73. The smallest absolute Gasteiger partial charge is 0.269 e. The number of hydrogen-bond acceptors (Lipinski definition) is 4. The van der Waals surface area contributed by atoms with Gasteiger partial charge in [0, 0.05) is 35.8 Å². The van der Waals surface area contributed by atoms with Crippen molar-refractivity contribution in [3.05, 3.63) is 44.8 Å². The van der Waals surface area contributed by atoms with Crippen LogP contribution in [0.4, 0.5) is 11.4 Å². The SMILES string of the molecule is [N-]=[N+]=NCCCNc1ccc([N+](=O)[O-])cc1. The summed E-state index contributed by atoms with van der Waals surface area (Å²) < 4.78 is 0. The molecule has 1 rings (SSSR count). The van der Waals surface area contributed by atoms with Crippen LogP contribution < -0.4 is 5.32 Å². The molecule has 0 aliphatic rings. The van der Waals surface area contributed by atoms with Crippen LogP contribution in [0.1, 0.15) is 6.42 Å². The molecule has 0 aromatic heterocycles. The molecule has 0 aliphatic heterocycles. The third kappa shape index (κ3) is 3.85. The van der Waals surface area contributed by atoms with Gasteiger partial charge in [0.15, 0.2) is 0 Å². The van der Waals surface area contributed by atoms with Crippen molar-refractivity contribution in [2.75, 3.05) is 18.4 Å². The van der Waals surface area contributed by atoms with Gasteiger partial charge in [-0.15, -0.1) is 0 Å². The van der Waals surface area contributed by atoms with E-state index in [1.54, 1.807) is 12.1 Å². The van der Waals surface area contributed by atoms with Gasteiger partial charge < -0.3 is 5.32 Å². The maximum absolute atomic E-state index is 10.4. The van der Waals surface area contributed by atoms with Gasteiger partial charge in [0.1, 0.15) is 0 Å². The number of nitrogens with zero attached hydrogens (tertiary/aromatic N) is 4. The number of non-ortho nitro benzene ring substituents is 1. The van der Waals surface area contributed by atoms with Crippen LogP contribution in [0, 0.1) is 10.1 Å². The zero-order valence-electron chi connectivity index (χ0n) is 8.54. The van der Waals surface area contributed by atoms with Crippen LogP contribution in [0.15, 0.2) is 29.4 Å². The second-order valence-corrected chi connectivity index (χ2v) is 3.04. The van der Waals surface area contributed by atoms with Gasteiger partial charge in [-0.25, -0.2) is 0 Å². The molecule has 7 nitrogen and oxygen atoms in total. The minimum absolute atomic E-state index is 0.0691. The molecule has 1 aromatic rings. The highest BCUT2D eigenvalue weighted by atomic mass is 16.6. The molecule has 0 spiro atoms. The van der Waals surface area contributed by atoms with Gasteiger partial charge in [-0.2, -0.15) is 0 Å². The fraction of sp³-hybridized carbons (Fsp3) is 0.333. The highest BCUT2D eigenvalue weighted by Gasteiger charge is 2.02. The summed E-state index contributed by atoms with van der Waals surface area (Å²) in [7, 11) is 0. The Balaban J connectivity index is 2.37. The summed E-state index contributed by atoms with van der Waals surface area (Å²) in [5.74, 6) is 0. The molecule has 0 radical (unpaired) electrons. The van der Waals surface area contributed by atoms with Crippen molar-refractivity contribution in [3.63, 3.8) is 0 Å². The van der Waals surface area contributed by atoms with E-state index in [4.69, 9.17) is 5.53 Å². The van der Waals surface area contributed by atoms with Crippen LogP contribution in [0.2, 0.25) is 0 Å². The van der Waals surface area contributed by atoms with E-state index in [1.165, 1.54) is 12.1 Å². The van der Waals surface area contributed by atoms with E-state index >= 15 is 0 Å². The van der Waals surface area contributed by atoms with E-state index in [2.05, 4.69) is 15.3 Å². The molecule has 0 amide bonds. The number of nitro benzene ring substituents is 1. The fourth-order valence-corrected chi connectivity index (χ4v) is 1.13. The van der Waals surface area contributed by atoms with E-state index in [0.717, 1.165) is 12.1 Å². The Morgan fingerprint density at radius 2 is 2.12 bits per heavy atom. The molecule has 0 saturated heterocycles. The minimum atomic E-state index is -0.439. The zero-order chi connectivity index (χ0) is 11.8. The van der Waals surface area contributed by atoms with Crippen molar-refractivity contribution in [1.29, 1.82) is 0 Å². The number of benzene rings is 1. The molecule has 1 N–H and O–H groups in total. The summed E-state index contributed by atoms with van der Waals surface area (Å²) in [6, 6.07) is 6.17. The van der Waals surface area contributed by atoms with Crippen molar-refractivity contribution >= 4 is 11.4 Å². The summed E-state index contributed by atoms with van der Waals surface area (Å²) in [5, 5.41) is 16.8. The van der Waals surface area contributed by atoms with Crippen molar-refractivity contribution in [2.24, 2.45) is 5.11 Å². The average Bonchev–Trinajstić information content (AvgIpc) is 2.29. The van der Waals surface area contributed by atoms with Gasteiger partial charge in [-0.05, 0) is 24.1 Å². The van der Waals surface area contributed by atoms with Crippen molar-refractivity contribution < 1.29 is 4.92 Å². The molecule has 1 aromatic carbocycles. The first-order valence-corrected chi connectivity index (χ1v) is 4.73. The second kappa shape index (κ2) is 6.26. The predicted octanol–water partition coefficient (Wildman–Crippen LogP) is 2.71. The number of nitrogens with one attached hydrogen (secondary N) is 1. The summed E-state index contributed by atoms with van der Waals surface area (Å²) in [6.45, 7) is 1.10. The Labute approximate surface area is 91.9 Å². The van der Waals surface area contributed by atoms with Gasteiger partial charge in [0.05, 0.1) is 4.92 Å². The maximum atomic E-state index is 10.4. The molecule has 0 aliphatic carbocycles. The van der Waals surface area contributed by atoms with Gasteiger partial charge in [-0.1, -0.05) is 5.11 Å². The largest absolute Gasteiger partial charge is 0.385 e. The molecular weight excluding hydrogens is 210 g/mol. The van der Waals surface area contributed by atoms with E-state index in [-0.39, 0.29) is 5.69 Å². The number of rotatable bonds is 6. The second-order valence-electron chi connectivity index (χ2n) is 3.04. The molecule has 0 heterocycles. The fourth-order valence-electron chi connectivity index (χ4n) is 1.13. The molecule has 16 heavy (non-hydrogen) atoms. The summed E-state index contributed by atoms with van der Waals surface area (Å²) in [5.41, 5.74) is 8.92. The maximum Gasteiger partial charge on any atom is 0.269 e. The molecule has 0 bridgehead atoms. The Morgan fingerprint density at radius 3 is 2.69 bits per heavy atom. The molecule has 7 heteroatoms. The summed E-state index contributed by atoms with van der Waals surface area (Å²) >= 11 is 0. The van der Waals surface area contributed by atoms with Crippen LogP contribution in [0.5, 0.6) is 0 Å². The molecule has 0 unspecified atom stereocenters. The van der Waals surface area contributed by atoms with Gasteiger partial charge >= 0.3 is 0 Å². The Hall–Kier alpha value is -2.27. The summed E-state index contributed by atoms with van der Waals surface area (Å²) in [6.07, 6.45) is 0.723. The lowest BCUT2D eigenvalue weighted by molar-refractivity contribution is -0.384. The van der Waals surface area contributed by atoms with Crippen LogP contribution in [-0.4, -0.2) is 18.0 Å². The van der Waals surface area contributed by atoms with Gasteiger partial charge in [0.25, 0.3) is 5.69 Å². The predicted molar refractivity (Wildman–Crippen MR) is 60.2 cm³/mol. The topological polar surface area (TPSA) is 104 Å². The van der Waals surface area contributed by atoms with E-state index in [1.807, 2.05) is 0 Å². The van der Waals surface area contributed by atoms with Crippen LogP contribution in [0.3, 0.4) is 0 Å². The lowest BCUT2D eigenvalue weighted by Crippen LogP contribution is -2.02. The highest BCUT2D eigenvalue weighted by molar-refractivity contribution is 5.48. The molecule has 84 valence electrons. The Kier molecular flexibility index (Phi) is 4.62. The van der Waals surface area contributed by atoms with E-state index in [9.17, 15) is 10.1 Å². The van der Waals surface area contributed by atoms with Crippen molar-refractivity contribution in [2.45, 2.75) is 6.42 Å². The highest BCUT2D eigenvalue weighted by Crippen LogP contribution is 2.15. The summed E-state index contributed by atoms with van der Waals surface area (Å²) in [4.78, 5) is 12.6. The third-order valence-corrected chi connectivity index (χ3v) is 1.91. The number of hydrogen-bond donors (Lipinski definition) is 1. The number of azide groups is 1. The monoisotopic (exact) mass is 221 g/mol. The number of anilines is 1. The molecular formula is C9H11N5O2. The normalized spacial score (nSPS) is 9.25. The standard InChI is InChI=1S/C9H11N5O2/c10-13-12-7-1-6-11-8-2-4-9(5-3-8)14(15)16/h2-5,11H,1,6-7H2. The first kappa shape index (κ1) is 11.8. The third-order valence-electron chi connectivity index (χ3n) is 1.91. The van der Waals surface area contributed by atoms with Crippen molar-refractivity contribution in [3.8, 4) is 0 Å². The Bertz CT molecular complexity index is 397. The molecule has 0 atom stereocenters. The van der Waals surface area contributed by atoms with Crippen molar-refractivity contribution in [1.82, 2.24) is 0 Å². The van der Waals surface area contributed by atoms with E-state index in [0.29, 0.717) is 13.1 Å². The molecule has 0 fully saturated rings. The van der Waals surface area contributed by atoms with Gasteiger partial charge in [0.2, 0.25) is 0 Å². The zero-order valence-corrected chi connectivity index (χ0v) is 8.54.